The van der Waals surface area contributed by atoms with Gasteiger partial charge in [-0.05, 0) is 74.8 Å². The Labute approximate surface area is 232 Å². The van der Waals surface area contributed by atoms with Crippen molar-refractivity contribution >= 4 is 39.5 Å². The van der Waals surface area contributed by atoms with Crippen LogP contribution in [0.15, 0.2) is 54.9 Å². The number of carbonyl (C=O) groups excluding carboxylic acids is 2. The number of allylic oxidation sites excluding steroid dienone is 4. The lowest BCUT2D eigenvalue weighted by molar-refractivity contribution is -0.113. The minimum absolute atomic E-state index is 0.0665. The number of nitrogens with one attached hydrogen (secondary N) is 1. The first kappa shape index (κ1) is 26.9. The van der Waals surface area contributed by atoms with Gasteiger partial charge in [0.05, 0.1) is 19.2 Å². The van der Waals surface area contributed by atoms with Crippen LogP contribution in [0.4, 0.5) is 11.5 Å². The van der Waals surface area contributed by atoms with Crippen LogP contribution in [0.2, 0.25) is 0 Å². The first-order valence-corrected chi connectivity index (χ1v) is 13.2. The summed E-state index contributed by atoms with van der Waals surface area (Å²) in [5, 5.41) is 4.01. The quantitative estimate of drug-likeness (QED) is 0.217. The number of benzene rings is 2. The number of ketones is 2. The van der Waals surface area contributed by atoms with Gasteiger partial charge in [-0.25, -0.2) is 9.97 Å². The number of aromatic nitrogens is 2. The highest BCUT2D eigenvalue weighted by Crippen LogP contribution is 2.37. The minimum Gasteiger partial charge on any atom is -0.493 e. The highest BCUT2D eigenvalue weighted by atomic mass is 16.5. The smallest absolute Gasteiger partial charge is 0.186 e. The topological polar surface area (TPSA) is 103 Å². The molecule has 1 N–H and O–H groups in total. The highest BCUT2D eigenvalue weighted by Gasteiger charge is 2.21. The van der Waals surface area contributed by atoms with Gasteiger partial charge in [0, 0.05) is 34.8 Å². The third-order valence-corrected chi connectivity index (χ3v) is 6.80. The molecule has 1 aliphatic heterocycles. The molecule has 0 atom stereocenters. The number of likely N-dealkylation sites (tertiary alicyclic amines) is 1. The monoisotopic (exact) mass is 538 g/mol. The maximum atomic E-state index is 12.7. The molecule has 5 rings (SSSR count). The minimum atomic E-state index is -0.294. The second-order valence-corrected chi connectivity index (χ2v) is 9.48. The van der Waals surface area contributed by atoms with Gasteiger partial charge in [-0.3, -0.25) is 9.59 Å². The summed E-state index contributed by atoms with van der Waals surface area (Å²) in [6.45, 7) is 3.97. The predicted octanol–water partition coefficient (Wildman–Crippen LogP) is 4.35. The van der Waals surface area contributed by atoms with Crippen LogP contribution >= 0.6 is 0 Å². The molecule has 0 unspecified atom stereocenters. The van der Waals surface area contributed by atoms with E-state index in [1.165, 1.54) is 37.4 Å². The molecule has 40 heavy (non-hydrogen) atoms. The van der Waals surface area contributed by atoms with E-state index < -0.39 is 0 Å². The second kappa shape index (κ2) is 12.5. The second-order valence-electron chi connectivity index (χ2n) is 9.48. The van der Waals surface area contributed by atoms with E-state index in [0.29, 0.717) is 51.8 Å². The van der Waals surface area contributed by atoms with Crippen LogP contribution in [-0.4, -0.2) is 66.4 Å². The molecule has 0 spiro atoms. The van der Waals surface area contributed by atoms with Gasteiger partial charge >= 0.3 is 0 Å². The number of terminal acetylenes is 1. The lowest BCUT2D eigenvalue weighted by atomic mass is 9.94. The summed E-state index contributed by atoms with van der Waals surface area (Å²) < 4.78 is 17.3. The van der Waals surface area contributed by atoms with Crippen LogP contribution in [0, 0.1) is 12.3 Å². The van der Waals surface area contributed by atoms with Crippen molar-refractivity contribution in [3.05, 3.63) is 60.5 Å². The summed E-state index contributed by atoms with van der Waals surface area (Å²) >= 11 is 0. The lowest BCUT2D eigenvalue weighted by Gasteiger charge is -2.18. The zero-order valence-electron chi connectivity index (χ0n) is 22.3. The van der Waals surface area contributed by atoms with Crippen LogP contribution in [0.5, 0.6) is 17.2 Å². The van der Waals surface area contributed by atoms with E-state index in [-0.39, 0.29) is 23.7 Å². The van der Waals surface area contributed by atoms with Crippen molar-refractivity contribution in [1.82, 2.24) is 14.9 Å². The third kappa shape index (κ3) is 6.14. The molecule has 0 amide bonds. The van der Waals surface area contributed by atoms with E-state index >= 15 is 0 Å². The van der Waals surface area contributed by atoms with Crippen molar-refractivity contribution in [2.45, 2.75) is 19.3 Å². The molecule has 3 aromatic rings. The van der Waals surface area contributed by atoms with Crippen molar-refractivity contribution in [2.24, 2.45) is 0 Å². The summed E-state index contributed by atoms with van der Waals surface area (Å²) in [6.07, 6.45) is 14.1. The van der Waals surface area contributed by atoms with Crippen LogP contribution in [-0.2, 0) is 9.59 Å². The van der Waals surface area contributed by atoms with Crippen LogP contribution in [0.3, 0.4) is 0 Å². The maximum absolute atomic E-state index is 12.7. The largest absolute Gasteiger partial charge is 0.493 e. The first-order valence-electron chi connectivity index (χ1n) is 13.2. The molecule has 0 radical (unpaired) electrons. The number of methoxy groups -OCH3 is 1. The maximum Gasteiger partial charge on any atom is 0.186 e. The Bertz CT molecular complexity index is 1530. The Kier molecular flexibility index (Phi) is 8.38. The molecule has 9 heteroatoms. The Morgan fingerprint density at radius 2 is 1.90 bits per heavy atom. The van der Waals surface area contributed by atoms with Crippen LogP contribution in [0.1, 0.15) is 24.8 Å². The molecule has 0 saturated carbocycles. The molecule has 1 saturated heterocycles. The molecule has 9 nitrogen and oxygen atoms in total. The molecule has 2 aliphatic rings. The van der Waals surface area contributed by atoms with Gasteiger partial charge in [-0.15, -0.1) is 6.42 Å². The number of hydrogen-bond acceptors (Lipinski definition) is 9. The van der Waals surface area contributed by atoms with E-state index in [0.717, 1.165) is 26.1 Å². The van der Waals surface area contributed by atoms with Crippen LogP contribution < -0.4 is 19.5 Å². The van der Waals surface area contributed by atoms with Gasteiger partial charge < -0.3 is 24.4 Å². The standard InChI is InChI=1S/C31H30N4O5/c1-3-14-39-22-8-9-26(23(17-22)24-16-21(36)7-10-28(24)37)34-31-25-18-29(38-2)30(19-27(25)32-20-33-31)40-15-6-13-35-11-4-5-12-35/h1,7-10,16-20H,4-6,11-15H2,2H3,(H,32,33,34). The summed E-state index contributed by atoms with van der Waals surface area (Å²) in [4.78, 5) is 36.2. The number of fused-ring (bicyclic) bond motifs is 1. The van der Waals surface area contributed by atoms with Gasteiger partial charge in [0.25, 0.3) is 0 Å². The fraction of sp³-hybridized carbons (Fsp3) is 0.290. The predicted molar refractivity (Wildman–Crippen MR) is 153 cm³/mol. The van der Waals surface area contributed by atoms with Gasteiger partial charge in [-0.1, -0.05) is 5.92 Å². The van der Waals surface area contributed by atoms with E-state index in [2.05, 4.69) is 26.1 Å². The van der Waals surface area contributed by atoms with Gasteiger partial charge in [0.15, 0.2) is 23.1 Å². The highest BCUT2D eigenvalue weighted by molar-refractivity contribution is 6.34. The van der Waals surface area contributed by atoms with Crippen molar-refractivity contribution in [1.29, 1.82) is 0 Å². The number of nitrogens with zero attached hydrogens (tertiary/aromatic N) is 3. The SMILES string of the molecule is C#CCOc1ccc(Nc2ncnc3cc(OCCCN4CCCC4)c(OC)cc23)c(C2=CC(=O)C=CC2=O)c1. The Balaban J connectivity index is 1.43. The molecule has 204 valence electrons. The molecular weight excluding hydrogens is 508 g/mol. The number of carbonyl (C=O) groups is 2. The fourth-order valence-electron chi connectivity index (χ4n) is 4.83. The number of ether oxygens (including phenoxy) is 3. The Hall–Kier alpha value is -4.68. The molecule has 2 heterocycles. The Morgan fingerprint density at radius 1 is 1.05 bits per heavy atom. The van der Waals surface area contributed by atoms with E-state index in [1.807, 2.05) is 12.1 Å². The third-order valence-electron chi connectivity index (χ3n) is 6.80. The van der Waals surface area contributed by atoms with E-state index in [1.54, 1.807) is 25.3 Å². The lowest BCUT2D eigenvalue weighted by Crippen LogP contribution is -2.21. The van der Waals surface area contributed by atoms with Crippen molar-refractivity contribution in [3.63, 3.8) is 0 Å². The van der Waals surface area contributed by atoms with E-state index in [4.69, 9.17) is 20.6 Å². The molecule has 1 aromatic heterocycles. The molecule has 0 bridgehead atoms. The first-order chi connectivity index (χ1) is 19.6. The summed E-state index contributed by atoms with van der Waals surface area (Å²) in [6, 6.07) is 8.82. The molecule has 1 fully saturated rings. The van der Waals surface area contributed by atoms with Crippen molar-refractivity contribution in [3.8, 4) is 29.6 Å². The molecular formula is C31H30N4O5. The van der Waals surface area contributed by atoms with Gasteiger partial charge in [-0.2, -0.15) is 0 Å². The van der Waals surface area contributed by atoms with Crippen LogP contribution in [0.25, 0.3) is 16.5 Å². The normalized spacial score (nSPS) is 15.2. The fourth-order valence-corrected chi connectivity index (χ4v) is 4.83. The number of anilines is 2. The van der Waals surface area contributed by atoms with Crippen molar-refractivity contribution < 1.29 is 23.8 Å². The summed E-state index contributed by atoms with van der Waals surface area (Å²) in [7, 11) is 1.59. The number of hydrogen-bond donors (Lipinski definition) is 1. The average molecular weight is 539 g/mol. The average Bonchev–Trinajstić information content (AvgIpc) is 3.49. The molecule has 1 aliphatic carbocycles. The zero-order valence-corrected chi connectivity index (χ0v) is 22.3. The number of rotatable bonds is 11. The van der Waals surface area contributed by atoms with Crippen molar-refractivity contribution in [2.75, 3.05) is 45.3 Å². The summed E-state index contributed by atoms with van der Waals surface area (Å²) in [5.74, 6) is 3.99. The van der Waals surface area contributed by atoms with Gasteiger partial charge in [0.2, 0.25) is 0 Å². The Morgan fingerprint density at radius 3 is 2.70 bits per heavy atom. The zero-order chi connectivity index (χ0) is 27.9. The van der Waals surface area contributed by atoms with E-state index in [9.17, 15) is 9.59 Å². The van der Waals surface area contributed by atoms with Gasteiger partial charge in [0.1, 0.15) is 24.5 Å². The molecule has 2 aromatic carbocycles. The summed E-state index contributed by atoms with van der Waals surface area (Å²) in [5.41, 5.74) is 1.93.